The van der Waals surface area contributed by atoms with E-state index >= 15 is 0 Å². The van der Waals surface area contributed by atoms with Crippen molar-refractivity contribution in [3.63, 3.8) is 0 Å². The van der Waals surface area contributed by atoms with Gasteiger partial charge in [-0.1, -0.05) is 5.16 Å². The summed E-state index contributed by atoms with van der Waals surface area (Å²) in [5, 5.41) is 18.2. The van der Waals surface area contributed by atoms with Crippen LogP contribution in [-0.4, -0.2) is 31.7 Å². The molecule has 98 valence electrons. The van der Waals surface area contributed by atoms with Gasteiger partial charge in [0.1, 0.15) is 5.82 Å². The Hall–Kier alpha value is -2.90. The molecule has 8 heteroatoms. The van der Waals surface area contributed by atoms with Gasteiger partial charge in [-0.3, -0.25) is 14.5 Å². The maximum Gasteiger partial charge on any atom is 0.258 e. The number of carbonyl (C=O) groups is 1. The van der Waals surface area contributed by atoms with Gasteiger partial charge in [-0.05, 0) is 12.1 Å². The summed E-state index contributed by atoms with van der Waals surface area (Å²) in [6.45, 7) is 0. The second kappa shape index (κ2) is 5.17. The standard InChI is InChI=1S/C11H12N6O2/c1-17-10(8(6-14-17)9(12)16-19)15-11(18)7-3-2-4-13-5-7/h2-6,19H,1H3,(H2,12,16)(H,15,18). The first-order valence-electron chi connectivity index (χ1n) is 5.34. The Morgan fingerprint density at radius 2 is 2.32 bits per heavy atom. The molecule has 0 bridgehead atoms. The first-order valence-corrected chi connectivity index (χ1v) is 5.34. The summed E-state index contributed by atoms with van der Waals surface area (Å²) in [5.41, 5.74) is 6.24. The van der Waals surface area contributed by atoms with E-state index in [1.165, 1.54) is 17.1 Å². The van der Waals surface area contributed by atoms with Gasteiger partial charge < -0.3 is 16.3 Å². The summed E-state index contributed by atoms with van der Waals surface area (Å²) >= 11 is 0. The van der Waals surface area contributed by atoms with Crippen LogP contribution in [-0.2, 0) is 7.05 Å². The molecule has 0 unspecified atom stereocenters. The van der Waals surface area contributed by atoms with E-state index in [0.29, 0.717) is 16.9 Å². The third-order valence-electron chi connectivity index (χ3n) is 2.48. The molecular weight excluding hydrogens is 248 g/mol. The highest BCUT2D eigenvalue weighted by molar-refractivity contribution is 6.08. The molecule has 0 fully saturated rings. The molecule has 19 heavy (non-hydrogen) atoms. The summed E-state index contributed by atoms with van der Waals surface area (Å²) in [5.74, 6) is -0.151. The largest absolute Gasteiger partial charge is 0.409 e. The zero-order chi connectivity index (χ0) is 13.8. The normalized spacial score (nSPS) is 11.3. The predicted molar refractivity (Wildman–Crippen MR) is 67.9 cm³/mol. The predicted octanol–water partition coefficient (Wildman–Crippen LogP) is 0.162. The van der Waals surface area contributed by atoms with Gasteiger partial charge in [-0.15, -0.1) is 0 Å². The molecule has 2 aromatic heterocycles. The lowest BCUT2D eigenvalue weighted by molar-refractivity contribution is 0.102. The van der Waals surface area contributed by atoms with Crippen molar-refractivity contribution in [2.45, 2.75) is 0 Å². The zero-order valence-corrected chi connectivity index (χ0v) is 10.1. The summed E-state index contributed by atoms with van der Waals surface area (Å²) in [4.78, 5) is 15.9. The van der Waals surface area contributed by atoms with E-state index in [4.69, 9.17) is 10.9 Å². The monoisotopic (exact) mass is 260 g/mol. The number of aryl methyl sites for hydroxylation is 1. The molecule has 0 saturated carbocycles. The Balaban J connectivity index is 2.29. The van der Waals surface area contributed by atoms with Crippen LogP contribution in [0.4, 0.5) is 5.82 Å². The van der Waals surface area contributed by atoms with Crippen molar-refractivity contribution in [2.75, 3.05) is 5.32 Å². The van der Waals surface area contributed by atoms with Gasteiger partial charge in [0.2, 0.25) is 0 Å². The van der Waals surface area contributed by atoms with Crippen LogP contribution in [0.15, 0.2) is 35.9 Å². The fraction of sp³-hybridized carbons (Fsp3) is 0.0909. The molecule has 2 heterocycles. The third-order valence-corrected chi connectivity index (χ3v) is 2.48. The smallest absolute Gasteiger partial charge is 0.258 e. The topological polar surface area (TPSA) is 118 Å². The number of amidine groups is 1. The highest BCUT2D eigenvalue weighted by Gasteiger charge is 2.16. The van der Waals surface area contributed by atoms with Crippen molar-refractivity contribution >= 4 is 17.6 Å². The number of amides is 1. The van der Waals surface area contributed by atoms with E-state index < -0.39 is 0 Å². The van der Waals surface area contributed by atoms with Crippen molar-refractivity contribution in [3.8, 4) is 0 Å². The van der Waals surface area contributed by atoms with Gasteiger partial charge in [-0.2, -0.15) is 5.10 Å². The number of carbonyl (C=O) groups excluding carboxylic acids is 1. The molecule has 2 aromatic rings. The van der Waals surface area contributed by atoms with Crippen molar-refractivity contribution < 1.29 is 10.0 Å². The van der Waals surface area contributed by atoms with Crippen molar-refractivity contribution in [1.29, 1.82) is 0 Å². The van der Waals surface area contributed by atoms with E-state index in [1.54, 1.807) is 25.4 Å². The molecule has 0 atom stereocenters. The number of anilines is 1. The lowest BCUT2D eigenvalue weighted by Crippen LogP contribution is -2.20. The minimum atomic E-state index is -0.358. The Kier molecular flexibility index (Phi) is 3.42. The second-order valence-corrected chi connectivity index (χ2v) is 3.71. The Morgan fingerprint density at radius 1 is 1.53 bits per heavy atom. The average molecular weight is 260 g/mol. The van der Waals surface area contributed by atoms with Crippen LogP contribution < -0.4 is 11.1 Å². The average Bonchev–Trinajstić information content (AvgIpc) is 2.80. The molecule has 0 radical (unpaired) electrons. The van der Waals surface area contributed by atoms with Gasteiger partial charge >= 0.3 is 0 Å². The van der Waals surface area contributed by atoms with Crippen LogP contribution >= 0.6 is 0 Å². The quantitative estimate of drug-likeness (QED) is 0.314. The fourth-order valence-electron chi connectivity index (χ4n) is 1.50. The van der Waals surface area contributed by atoms with Crippen molar-refractivity contribution in [1.82, 2.24) is 14.8 Å². The number of pyridine rings is 1. The summed E-state index contributed by atoms with van der Waals surface area (Å²) in [6.07, 6.45) is 4.41. The van der Waals surface area contributed by atoms with E-state index in [2.05, 4.69) is 20.6 Å². The number of nitrogens with two attached hydrogens (primary N) is 1. The molecule has 8 nitrogen and oxygen atoms in total. The van der Waals surface area contributed by atoms with Crippen molar-refractivity contribution in [3.05, 3.63) is 41.9 Å². The number of nitrogens with one attached hydrogen (secondary N) is 1. The summed E-state index contributed by atoms with van der Waals surface area (Å²) < 4.78 is 1.42. The number of hydrogen-bond acceptors (Lipinski definition) is 5. The van der Waals surface area contributed by atoms with E-state index in [-0.39, 0.29) is 11.7 Å². The molecule has 0 aliphatic rings. The molecule has 0 spiro atoms. The van der Waals surface area contributed by atoms with E-state index in [9.17, 15) is 4.79 Å². The molecular formula is C11H12N6O2. The van der Waals surface area contributed by atoms with Crippen LogP contribution in [0.2, 0.25) is 0 Å². The Labute approximate surface area is 108 Å². The van der Waals surface area contributed by atoms with E-state index in [1.807, 2.05) is 0 Å². The molecule has 0 aromatic carbocycles. The van der Waals surface area contributed by atoms with Crippen LogP contribution in [0.25, 0.3) is 0 Å². The van der Waals surface area contributed by atoms with Crippen LogP contribution in [0.5, 0.6) is 0 Å². The molecule has 0 aliphatic heterocycles. The number of hydrogen-bond donors (Lipinski definition) is 3. The van der Waals surface area contributed by atoms with Crippen LogP contribution in [0.3, 0.4) is 0 Å². The lowest BCUT2D eigenvalue weighted by atomic mass is 10.2. The van der Waals surface area contributed by atoms with Crippen LogP contribution in [0, 0.1) is 0 Å². The van der Waals surface area contributed by atoms with Gasteiger partial charge in [0, 0.05) is 19.4 Å². The van der Waals surface area contributed by atoms with Gasteiger partial charge in [0.25, 0.3) is 5.91 Å². The van der Waals surface area contributed by atoms with Gasteiger partial charge in [0.15, 0.2) is 5.84 Å². The maximum atomic E-state index is 12.0. The van der Waals surface area contributed by atoms with Crippen LogP contribution in [0.1, 0.15) is 15.9 Å². The lowest BCUT2D eigenvalue weighted by Gasteiger charge is -2.07. The summed E-state index contributed by atoms with van der Waals surface area (Å²) in [6, 6.07) is 3.28. The van der Waals surface area contributed by atoms with Gasteiger partial charge in [0.05, 0.1) is 17.3 Å². The summed E-state index contributed by atoms with van der Waals surface area (Å²) in [7, 11) is 1.63. The highest BCUT2D eigenvalue weighted by atomic mass is 16.4. The fourth-order valence-corrected chi connectivity index (χ4v) is 1.50. The van der Waals surface area contributed by atoms with E-state index in [0.717, 1.165) is 0 Å². The highest BCUT2D eigenvalue weighted by Crippen LogP contribution is 2.14. The molecule has 0 saturated heterocycles. The van der Waals surface area contributed by atoms with Crippen molar-refractivity contribution in [2.24, 2.45) is 17.9 Å². The molecule has 2 rings (SSSR count). The molecule has 4 N–H and O–H groups in total. The Bertz CT molecular complexity index is 619. The minimum absolute atomic E-state index is 0.130. The Morgan fingerprint density at radius 3 is 2.95 bits per heavy atom. The maximum absolute atomic E-state index is 12.0. The first kappa shape index (κ1) is 12.6. The number of oxime groups is 1. The molecule has 0 aliphatic carbocycles. The first-order chi connectivity index (χ1) is 9.13. The SMILES string of the molecule is Cn1ncc(C(N)=NO)c1NC(=O)c1cccnc1. The van der Waals surface area contributed by atoms with Gasteiger partial charge in [-0.25, -0.2) is 0 Å². The zero-order valence-electron chi connectivity index (χ0n) is 10.1. The minimum Gasteiger partial charge on any atom is -0.409 e. The number of aromatic nitrogens is 3. The number of nitrogens with zero attached hydrogens (tertiary/aromatic N) is 4. The molecule has 1 amide bonds. The second-order valence-electron chi connectivity index (χ2n) is 3.71. The number of rotatable bonds is 3. The third kappa shape index (κ3) is 2.51.